The van der Waals surface area contributed by atoms with Crippen molar-refractivity contribution < 1.29 is 23.7 Å². The van der Waals surface area contributed by atoms with Gasteiger partial charge in [-0.05, 0) is 36.6 Å². The lowest BCUT2D eigenvalue weighted by Crippen LogP contribution is -2.40. The molecule has 1 amide bonds. The van der Waals surface area contributed by atoms with Crippen molar-refractivity contribution in [3.63, 3.8) is 0 Å². The molecule has 1 aromatic rings. The second-order valence-corrected chi connectivity index (χ2v) is 6.22. The molecule has 2 aliphatic heterocycles. The van der Waals surface area contributed by atoms with Crippen LogP contribution in [-0.4, -0.2) is 57.6 Å². The lowest BCUT2D eigenvalue weighted by atomic mass is 9.96. The second-order valence-electron chi connectivity index (χ2n) is 6.22. The molecule has 0 N–H and O–H groups in total. The Kier molecular flexibility index (Phi) is 5.94. The minimum absolute atomic E-state index is 0.0292. The van der Waals surface area contributed by atoms with Crippen molar-refractivity contribution in [3.8, 4) is 11.5 Å². The molecule has 0 radical (unpaired) electrons. The highest BCUT2D eigenvalue weighted by atomic mass is 16.7. The van der Waals surface area contributed by atoms with E-state index in [1.54, 1.807) is 26.4 Å². The topological polar surface area (TPSA) is 57.2 Å². The Morgan fingerprint density at radius 1 is 1.12 bits per heavy atom. The van der Waals surface area contributed by atoms with E-state index in [4.69, 9.17) is 18.9 Å². The maximum absolute atomic E-state index is 12.4. The van der Waals surface area contributed by atoms with Gasteiger partial charge in [-0.15, -0.1) is 0 Å². The van der Waals surface area contributed by atoms with Crippen LogP contribution in [0.2, 0.25) is 0 Å². The summed E-state index contributed by atoms with van der Waals surface area (Å²) in [4.78, 5) is 14.3. The van der Waals surface area contributed by atoms with E-state index in [0.29, 0.717) is 30.6 Å². The number of rotatable bonds is 5. The van der Waals surface area contributed by atoms with Gasteiger partial charge in [-0.2, -0.15) is 0 Å². The second kappa shape index (κ2) is 8.36. The molecule has 6 heteroatoms. The van der Waals surface area contributed by atoms with Gasteiger partial charge in [0.05, 0.1) is 27.4 Å². The lowest BCUT2D eigenvalue weighted by Gasteiger charge is -2.33. The molecule has 0 unspecified atom stereocenters. The number of benzene rings is 1. The van der Waals surface area contributed by atoms with E-state index in [-0.39, 0.29) is 12.2 Å². The maximum atomic E-state index is 12.4. The van der Waals surface area contributed by atoms with Crippen LogP contribution in [0.15, 0.2) is 24.3 Å². The van der Waals surface area contributed by atoms with Gasteiger partial charge in [-0.25, -0.2) is 0 Å². The fourth-order valence-corrected chi connectivity index (χ4v) is 3.27. The zero-order chi connectivity index (χ0) is 17.6. The monoisotopic (exact) mass is 347 g/mol. The number of methoxy groups -OCH3 is 2. The van der Waals surface area contributed by atoms with E-state index in [1.165, 1.54) is 0 Å². The molecule has 0 atom stereocenters. The zero-order valence-electron chi connectivity index (χ0n) is 14.8. The third-order valence-electron chi connectivity index (χ3n) is 4.71. The molecule has 1 aromatic carbocycles. The van der Waals surface area contributed by atoms with Crippen LogP contribution in [0.3, 0.4) is 0 Å². The van der Waals surface area contributed by atoms with E-state index < -0.39 is 0 Å². The predicted molar refractivity (Wildman–Crippen MR) is 93.6 cm³/mol. The highest BCUT2D eigenvalue weighted by Gasteiger charge is 2.31. The van der Waals surface area contributed by atoms with E-state index in [1.807, 2.05) is 23.1 Å². The van der Waals surface area contributed by atoms with Crippen LogP contribution in [0.4, 0.5) is 0 Å². The summed E-state index contributed by atoms with van der Waals surface area (Å²) >= 11 is 0. The number of carbonyl (C=O) groups is 1. The Balaban J connectivity index is 1.54. The van der Waals surface area contributed by atoms with Gasteiger partial charge in [0, 0.05) is 25.1 Å². The maximum Gasteiger partial charge on any atom is 0.246 e. The summed E-state index contributed by atoms with van der Waals surface area (Å²) in [5, 5.41) is 0. The first-order chi connectivity index (χ1) is 12.2. The number of likely N-dealkylation sites (tertiary alicyclic amines) is 1. The van der Waals surface area contributed by atoms with Crippen molar-refractivity contribution in [3.05, 3.63) is 29.8 Å². The number of hydrogen-bond donors (Lipinski definition) is 0. The Labute approximate surface area is 148 Å². The minimum atomic E-state index is -0.0837. The van der Waals surface area contributed by atoms with Gasteiger partial charge in [-0.3, -0.25) is 4.79 Å². The number of carbonyl (C=O) groups excluding carboxylic acids is 1. The van der Waals surface area contributed by atoms with Crippen molar-refractivity contribution in [2.24, 2.45) is 5.92 Å². The predicted octanol–water partition coefficient (Wildman–Crippen LogP) is 2.33. The highest BCUT2D eigenvalue weighted by molar-refractivity contribution is 5.91. The average molecular weight is 347 g/mol. The van der Waals surface area contributed by atoms with Crippen molar-refractivity contribution >= 4 is 12.0 Å². The number of amides is 1. The first-order valence-corrected chi connectivity index (χ1v) is 8.63. The molecule has 0 saturated carbocycles. The highest BCUT2D eigenvalue weighted by Crippen LogP contribution is 2.28. The molecule has 0 spiro atoms. The molecule has 3 rings (SSSR count). The van der Waals surface area contributed by atoms with Gasteiger partial charge in [0.15, 0.2) is 17.8 Å². The smallest absolute Gasteiger partial charge is 0.246 e. The largest absolute Gasteiger partial charge is 0.493 e. The summed E-state index contributed by atoms with van der Waals surface area (Å²) in [7, 11) is 3.20. The Morgan fingerprint density at radius 2 is 1.80 bits per heavy atom. The van der Waals surface area contributed by atoms with E-state index in [0.717, 1.165) is 31.5 Å². The van der Waals surface area contributed by atoms with E-state index in [2.05, 4.69) is 0 Å². The standard InChI is InChI=1S/C19H25NO5/c1-22-16-5-3-14(13-17(16)23-2)4-6-18(21)20-9-7-15(8-10-20)19-24-11-12-25-19/h3-6,13,15,19H,7-12H2,1-2H3/b6-4+. The Hall–Kier alpha value is -2.05. The summed E-state index contributed by atoms with van der Waals surface area (Å²) in [5.41, 5.74) is 0.897. The molecule has 2 fully saturated rings. The molecule has 136 valence electrons. The van der Waals surface area contributed by atoms with Crippen LogP contribution in [0, 0.1) is 5.92 Å². The van der Waals surface area contributed by atoms with Crippen LogP contribution < -0.4 is 9.47 Å². The summed E-state index contributed by atoms with van der Waals surface area (Å²) in [6.45, 7) is 2.84. The molecule has 25 heavy (non-hydrogen) atoms. The zero-order valence-corrected chi connectivity index (χ0v) is 14.8. The van der Waals surface area contributed by atoms with Gasteiger partial charge in [0.2, 0.25) is 5.91 Å². The SMILES string of the molecule is COc1ccc(/C=C/C(=O)N2CCC(C3OCCO3)CC2)cc1OC. The molecular formula is C19H25NO5. The Morgan fingerprint density at radius 3 is 2.44 bits per heavy atom. The number of nitrogens with zero attached hydrogens (tertiary/aromatic N) is 1. The number of hydrogen-bond acceptors (Lipinski definition) is 5. The van der Waals surface area contributed by atoms with Crippen molar-refractivity contribution in [1.29, 1.82) is 0 Å². The quantitative estimate of drug-likeness (QED) is 0.765. The normalized spacial score (nSPS) is 19.5. The third kappa shape index (κ3) is 4.32. The molecule has 0 aromatic heterocycles. The third-order valence-corrected chi connectivity index (χ3v) is 4.71. The summed E-state index contributed by atoms with van der Waals surface area (Å²) in [6.07, 6.45) is 5.17. The van der Waals surface area contributed by atoms with E-state index in [9.17, 15) is 4.79 Å². The summed E-state index contributed by atoms with van der Waals surface area (Å²) in [6, 6.07) is 5.58. The molecule has 2 aliphatic rings. The number of ether oxygens (including phenoxy) is 4. The average Bonchev–Trinajstić information content (AvgIpc) is 3.20. The first kappa shape index (κ1) is 17.8. The molecular weight excluding hydrogens is 322 g/mol. The fraction of sp³-hybridized carbons (Fsp3) is 0.526. The van der Waals surface area contributed by atoms with Crippen LogP contribution in [0.5, 0.6) is 11.5 Å². The molecule has 0 bridgehead atoms. The van der Waals surface area contributed by atoms with Gasteiger partial charge < -0.3 is 23.8 Å². The fourth-order valence-electron chi connectivity index (χ4n) is 3.27. The van der Waals surface area contributed by atoms with E-state index >= 15 is 0 Å². The molecule has 2 heterocycles. The van der Waals surface area contributed by atoms with Crippen molar-refractivity contribution in [2.75, 3.05) is 40.5 Å². The summed E-state index contributed by atoms with van der Waals surface area (Å²) < 4.78 is 21.6. The summed E-state index contributed by atoms with van der Waals surface area (Å²) in [5.74, 6) is 1.74. The van der Waals surface area contributed by atoms with Gasteiger partial charge in [0.1, 0.15) is 0 Å². The van der Waals surface area contributed by atoms with Crippen molar-refractivity contribution in [1.82, 2.24) is 4.90 Å². The van der Waals surface area contributed by atoms with Crippen LogP contribution in [0.25, 0.3) is 6.08 Å². The van der Waals surface area contributed by atoms with Gasteiger partial charge >= 0.3 is 0 Å². The van der Waals surface area contributed by atoms with Crippen LogP contribution in [0.1, 0.15) is 18.4 Å². The first-order valence-electron chi connectivity index (χ1n) is 8.63. The number of piperidine rings is 1. The van der Waals surface area contributed by atoms with Gasteiger partial charge in [-0.1, -0.05) is 6.07 Å². The minimum Gasteiger partial charge on any atom is -0.493 e. The van der Waals surface area contributed by atoms with Gasteiger partial charge in [0.25, 0.3) is 0 Å². The van der Waals surface area contributed by atoms with Crippen molar-refractivity contribution in [2.45, 2.75) is 19.1 Å². The molecule has 6 nitrogen and oxygen atoms in total. The Bertz CT molecular complexity index is 616. The lowest BCUT2D eigenvalue weighted by molar-refractivity contribution is -0.131. The van der Waals surface area contributed by atoms with Crippen LogP contribution in [-0.2, 0) is 14.3 Å². The molecule has 0 aliphatic carbocycles. The van der Waals surface area contributed by atoms with Crippen LogP contribution >= 0.6 is 0 Å². The molecule has 2 saturated heterocycles.